The van der Waals surface area contributed by atoms with Crippen LogP contribution >= 0.6 is 35.6 Å². The minimum Gasteiger partial charge on any atom is -0.352 e. The van der Waals surface area contributed by atoms with Gasteiger partial charge in [-0.2, -0.15) is 4.98 Å². The molecule has 0 radical (unpaired) electrons. The van der Waals surface area contributed by atoms with E-state index in [1.165, 1.54) is 0 Å². The van der Waals surface area contributed by atoms with E-state index >= 15 is 0 Å². The minimum absolute atomic E-state index is 0. The first-order chi connectivity index (χ1) is 10.9. The van der Waals surface area contributed by atoms with Crippen LogP contribution in [0.25, 0.3) is 0 Å². The molecule has 0 unspecified atom stereocenters. The van der Waals surface area contributed by atoms with E-state index in [2.05, 4.69) is 25.8 Å². The average molecular weight is 464 g/mol. The van der Waals surface area contributed by atoms with Crippen molar-refractivity contribution in [2.75, 3.05) is 7.05 Å². The third-order valence-corrected chi connectivity index (χ3v) is 3.52. The summed E-state index contributed by atoms with van der Waals surface area (Å²) in [6.45, 7) is 7.10. The van der Waals surface area contributed by atoms with Gasteiger partial charge in [0.15, 0.2) is 11.8 Å². The Labute approximate surface area is 164 Å². The highest BCUT2D eigenvalue weighted by atomic mass is 127. The molecule has 0 aliphatic carbocycles. The number of nitrogens with zero attached hydrogens (tertiary/aromatic N) is 3. The molecule has 8 heteroatoms. The zero-order valence-electron chi connectivity index (χ0n) is 14.3. The quantitative estimate of drug-likeness (QED) is 0.412. The molecule has 0 atom stereocenters. The average Bonchev–Trinajstić information content (AvgIpc) is 2.98. The molecule has 2 rings (SSSR count). The highest BCUT2D eigenvalue weighted by Crippen LogP contribution is 2.19. The molecule has 0 saturated carbocycles. The fourth-order valence-electron chi connectivity index (χ4n) is 1.83. The number of hydrogen-bond acceptors (Lipinski definition) is 4. The van der Waals surface area contributed by atoms with Gasteiger partial charge in [-0.25, -0.2) is 0 Å². The van der Waals surface area contributed by atoms with Gasteiger partial charge in [0.1, 0.15) is 0 Å². The van der Waals surface area contributed by atoms with Gasteiger partial charge in [0.25, 0.3) is 0 Å². The van der Waals surface area contributed by atoms with Gasteiger partial charge in [0.05, 0.1) is 6.54 Å². The fraction of sp³-hybridized carbons (Fsp3) is 0.438. The molecule has 0 amide bonds. The van der Waals surface area contributed by atoms with Gasteiger partial charge in [-0.3, -0.25) is 4.99 Å². The van der Waals surface area contributed by atoms with E-state index in [0.717, 1.165) is 10.6 Å². The summed E-state index contributed by atoms with van der Waals surface area (Å²) in [4.78, 5) is 8.54. The smallest absolute Gasteiger partial charge is 0.232 e. The van der Waals surface area contributed by atoms with Gasteiger partial charge in [-0.15, -0.1) is 24.0 Å². The van der Waals surface area contributed by atoms with Gasteiger partial charge < -0.3 is 15.2 Å². The maximum absolute atomic E-state index is 6.14. The Balaban J connectivity index is 0.00000288. The number of halogens is 2. The zero-order chi connectivity index (χ0) is 16.9. The van der Waals surface area contributed by atoms with Crippen molar-refractivity contribution in [2.24, 2.45) is 4.99 Å². The zero-order valence-corrected chi connectivity index (χ0v) is 17.3. The molecule has 2 N–H and O–H groups in total. The maximum Gasteiger partial charge on any atom is 0.232 e. The number of nitrogens with one attached hydrogen (secondary N) is 2. The second-order valence-corrected chi connectivity index (χ2v) is 6.54. The second-order valence-electron chi connectivity index (χ2n) is 6.14. The van der Waals surface area contributed by atoms with E-state index < -0.39 is 0 Å². The number of benzene rings is 1. The first-order valence-corrected chi connectivity index (χ1v) is 7.79. The van der Waals surface area contributed by atoms with Gasteiger partial charge in [0, 0.05) is 24.0 Å². The van der Waals surface area contributed by atoms with E-state index in [1.54, 1.807) is 7.05 Å². The standard InChI is InChI=1S/C16H22ClN5O.HI/c1-16(2,3)14-21-13(22-23-14)10-20-15(18-4)19-9-11-7-5-6-8-12(11)17;/h5-8H,9-10H2,1-4H3,(H2,18,19,20);1H. The number of aliphatic imine (C=N–C) groups is 1. The van der Waals surface area contributed by atoms with Gasteiger partial charge in [-0.05, 0) is 11.6 Å². The molecule has 6 nitrogen and oxygen atoms in total. The van der Waals surface area contributed by atoms with Crippen molar-refractivity contribution in [1.29, 1.82) is 0 Å². The molecule has 0 bridgehead atoms. The molecule has 132 valence electrons. The Bertz CT molecular complexity index is 681. The molecule has 24 heavy (non-hydrogen) atoms. The van der Waals surface area contributed by atoms with Crippen LogP contribution < -0.4 is 10.6 Å². The van der Waals surface area contributed by atoms with Crippen LogP contribution in [-0.2, 0) is 18.5 Å². The number of hydrogen-bond donors (Lipinski definition) is 2. The Hall–Kier alpha value is -1.35. The van der Waals surface area contributed by atoms with Crippen molar-refractivity contribution in [3.8, 4) is 0 Å². The van der Waals surface area contributed by atoms with Crippen molar-refractivity contribution in [3.63, 3.8) is 0 Å². The molecule has 0 spiro atoms. The summed E-state index contributed by atoms with van der Waals surface area (Å²) in [5.41, 5.74) is 0.849. The molecule has 0 aliphatic rings. The fourth-order valence-corrected chi connectivity index (χ4v) is 2.04. The third-order valence-electron chi connectivity index (χ3n) is 3.15. The van der Waals surface area contributed by atoms with E-state index in [1.807, 2.05) is 45.0 Å². The topological polar surface area (TPSA) is 75.3 Å². The van der Waals surface area contributed by atoms with Crippen molar-refractivity contribution >= 4 is 41.5 Å². The molecule has 1 heterocycles. The van der Waals surface area contributed by atoms with Crippen molar-refractivity contribution < 1.29 is 4.52 Å². The van der Waals surface area contributed by atoms with Crippen LogP contribution in [0.4, 0.5) is 0 Å². The molecule has 1 aromatic carbocycles. The van der Waals surface area contributed by atoms with Crippen molar-refractivity contribution in [3.05, 3.63) is 46.6 Å². The predicted octanol–water partition coefficient (Wildman–Crippen LogP) is 3.50. The minimum atomic E-state index is -0.158. The lowest BCUT2D eigenvalue weighted by atomic mass is 9.97. The Morgan fingerprint density at radius 1 is 1.21 bits per heavy atom. The van der Waals surface area contributed by atoms with Crippen LogP contribution in [0, 0.1) is 0 Å². The number of guanidine groups is 1. The summed E-state index contributed by atoms with van der Waals surface area (Å²) >= 11 is 6.14. The van der Waals surface area contributed by atoms with Gasteiger partial charge in [0.2, 0.25) is 5.89 Å². The SMILES string of the molecule is CN=C(NCc1noc(C(C)(C)C)n1)NCc1ccccc1Cl.I. The van der Waals surface area contributed by atoms with Crippen LogP contribution in [0.1, 0.15) is 38.0 Å². The normalized spacial score (nSPS) is 11.8. The Morgan fingerprint density at radius 3 is 2.46 bits per heavy atom. The van der Waals surface area contributed by atoms with Crippen LogP contribution in [0.5, 0.6) is 0 Å². The first kappa shape index (κ1) is 20.7. The summed E-state index contributed by atoms with van der Waals surface area (Å²) in [6.07, 6.45) is 0. The molecule has 1 aromatic heterocycles. The highest BCUT2D eigenvalue weighted by molar-refractivity contribution is 14.0. The van der Waals surface area contributed by atoms with Gasteiger partial charge in [-0.1, -0.05) is 55.7 Å². The lowest BCUT2D eigenvalue weighted by molar-refractivity contribution is 0.318. The lowest BCUT2D eigenvalue weighted by Gasteiger charge is -2.11. The maximum atomic E-state index is 6.14. The highest BCUT2D eigenvalue weighted by Gasteiger charge is 2.21. The van der Waals surface area contributed by atoms with Crippen molar-refractivity contribution in [1.82, 2.24) is 20.8 Å². The van der Waals surface area contributed by atoms with Crippen LogP contribution in [0.15, 0.2) is 33.8 Å². The van der Waals surface area contributed by atoms with Crippen LogP contribution in [-0.4, -0.2) is 23.1 Å². The molecule has 0 fully saturated rings. The van der Waals surface area contributed by atoms with E-state index in [-0.39, 0.29) is 29.4 Å². The second kappa shape index (κ2) is 9.22. The predicted molar refractivity (Wildman–Crippen MR) is 107 cm³/mol. The lowest BCUT2D eigenvalue weighted by Crippen LogP contribution is -2.36. The summed E-state index contributed by atoms with van der Waals surface area (Å²) in [5.74, 6) is 1.86. The molecule has 0 saturated heterocycles. The monoisotopic (exact) mass is 463 g/mol. The largest absolute Gasteiger partial charge is 0.352 e. The van der Waals surface area contributed by atoms with Crippen molar-refractivity contribution in [2.45, 2.75) is 39.3 Å². The third kappa shape index (κ3) is 5.94. The molecule has 2 aromatic rings. The van der Waals surface area contributed by atoms with Gasteiger partial charge >= 0.3 is 0 Å². The first-order valence-electron chi connectivity index (χ1n) is 7.41. The van der Waals surface area contributed by atoms with Crippen LogP contribution in [0.2, 0.25) is 5.02 Å². The Kier molecular flexibility index (Phi) is 7.95. The summed E-state index contributed by atoms with van der Waals surface area (Å²) in [6, 6.07) is 7.69. The number of aromatic nitrogens is 2. The summed E-state index contributed by atoms with van der Waals surface area (Å²) in [7, 11) is 1.71. The molecule has 0 aliphatic heterocycles. The summed E-state index contributed by atoms with van der Waals surface area (Å²) in [5, 5.41) is 11.0. The number of rotatable bonds is 4. The van der Waals surface area contributed by atoms with E-state index in [0.29, 0.717) is 30.8 Å². The Morgan fingerprint density at radius 2 is 1.88 bits per heavy atom. The van der Waals surface area contributed by atoms with E-state index in [4.69, 9.17) is 16.1 Å². The van der Waals surface area contributed by atoms with E-state index in [9.17, 15) is 0 Å². The molecular weight excluding hydrogens is 441 g/mol. The molecular formula is C16H23ClIN5O. The van der Waals surface area contributed by atoms with Crippen LogP contribution in [0.3, 0.4) is 0 Å². The summed E-state index contributed by atoms with van der Waals surface area (Å²) < 4.78 is 5.26.